The molecule has 2 aromatic heterocycles. The molecule has 3 heterocycles. The van der Waals surface area contributed by atoms with Gasteiger partial charge in [-0.2, -0.15) is 0 Å². The van der Waals surface area contributed by atoms with Crippen molar-refractivity contribution in [2.75, 3.05) is 23.8 Å². The van der Waals surface area contributed by atoms with E-state index in [2.05, 4.69) is 15.3 Å². The van der Waals surface area contributed by atoms with Gasteiger partial charge in [-0.15, -0.1) is 0 Å². The average molecular weight is 264 g/mol. The standard InChI is InChI=1S/C12H17FN6/c13-8-5-16-3-2-10(8)19(15)11-7-1-4-17-12(7)18-6-9(11)14/h1,4,6,8,10,16H,2-3,5,14-15H2,(H,17,18). The Morgan fingerprint density at radius 1 is 1.47 bits per heavy atom. The van der Waals surface area contributed by atoms with Gasteiger partial charge in [-0.25, -0.2) is 15.2 Å². The second-order valence-corrected chi connectivity index (χ2v) is 4.79. The van der Waals surface area contributed by atoms with Crippen LogP contribution in [-0.4, -0.2) is 35.3 Å². The van der Waals surface area contributed by atoms with E-state index in [1.807, 2.05) is 6.07 Å². The fraction of sp³-hybridized carbons (Fsp3) is 0.417. The van der Waals surface area contributed by atoms with Crippen LogP contribution in [-0.2, 0) is 0 Å². The molecule has 0 radical (unpaired) electrons. The first-order valence-electron chi connectivity index (χ1n) is 6.28. The highest BCUT2D eigenvalue weighted by molar-refractivity contribution is 5.96. The summed E-state index contributed by atoms with van der Waals surface area (Å²) in [4.78, 5) is 7.18. The number of halogens is 1. The van der Waals surface area contributed by atoms with Crippen LogP contribution in [0.4, 0.5) is 15.8 Å². The van der Waals surface area contributed by atoms with Crippen molar-refractivity contribution in [2.24, 2.45) is 5.84 Å². The number of H-pyrrole nitrogens is 1. The van der Waals surface area contributed by atoms with Crippen LogP contribution in [0.25, 0.3) is 11.0 Å². The van der Waals surface area contributed by atoms with Gasteiger partial charge in [-0.3, -0.25) is 0 Å². The SMILES string of the molecule is Nc1cnc2[nH]ccc2c1N(N)C1CCNCC1F. The van der Waals surface area contributed by atoms with Crippen molar-refractivity contribution >= 4 is 22.4 Å². The number of piperidine rings is 1. The molecule has 6 nitrogen and oxygen atoms in total. The summed E-state index contributed by atoms with van der Waals surface area (Å²) in [6, 6.07) is 1.48. The van der Waals surface area contributed by atoms with Crippen LogP contribution in [0.3, 0.4) is 0 Å². The number of rotatable bonds is 2. The van der Waals surface area contributed by atoms with Gasteiger partial charge in [0.25, 0.3) is 0 Å². The number of hydrazine groups is 1. The minimum Gasteiger partial charge on any atom is -0.396 e. The van der Waals surface area contributed by atoms with Gasteiger partial charge in [0.1, 0.15) is 11.8 Å². The zero-order chi connectivity index (χ0) is 13.4. The van der Waals surface area contributed by atoms with Crippen LogP contribution in [0.15, 0.2) is 18.5 Å². The molecule has 0 aliphatic carbocycles. The van der Waals surface area contributed by atoms with Crippen LogP contribution in [0, 0.1) is 0 Å². The van der Waals surface area contributed by atoms with E-state index in [0.29, 0.717) is 30.0 Å². The van der Waals surface area contributed by atoms with Crippen LogP contribution in [0.1, 0.15) is 6.42 Å². The third-order valence-corrected chi connectivity index (χ3v) is 3.58. The maximum Gasteiger partial charge on any atom is 0.139 e. The molecular weight excluding hydrogens is 247 g/mol. The van der Waals surface area contributed by atoms with E-state index >= 15 is 0 Å². The van der Waals surface area contributed by atoms with Crippen LogP contribution in [0.2, 0.25) is 0 Å². The molecule has 0 saturated carbocycles. The van der Waals surface area contributed by atoms with Gasteiger partial charge >= 0.3 is 0 Å². The summed E-state index contributed by atoms with van der Waals surface area (Å²) in [5.74, 6) is 6.13. The molecule has 0 aromatic carbocycles. The van der Waals surface area contributed by atoms with Crippen molar-refractivity contribution in [1.82, 2.24) is 15.3 Å². The van der Waals surface area contributed by atoms with Gasteiger partial charge in [0.05, 0.1) is 23.6 Å². The van der Waals surface area contributed by atoms with Crippen molar-refractivity contribution in [2.45, 2.75) is 18.6 Å². The Labute approximate surface area is 109 Å². The highest BCUT2D eigenvalue weighted by Gasteiger charge is 2.30. The third-order valence-electron chi connectivity index (χ3n) is 3.58. The van der Waals surface area contributed by atoms with E-state index in [0.717, 1.165) is 11.9 Å². The molecule has 1 saturated heterocycles. The molecule has 6 N–H and O–H groups in total. The molecule has 1 aliphatic rings. The summed E-state index contributed by atoms with van der Waals surface area (Å²) < 4.78 is 14.0. The Bertz CT molecular complexity index is 583. The molecule has 1 aliphatic heterocycles. The first-order chi connectivity index (χ1) is 9.18. The zero-order valence-electron chi connectivity index (χ0n) is 10.4. The minimum absolute atomic E-state index is 0.319. The number of nitrogens with two attached hydrogens (primary N) is 2. The number of anilines is 2. The van der Waals surface area contributed by atoms with Gasteiger partial charge in [0, 0.05) is 18.1 Å². The summed E-state index contributed by atoms with van der Waals surface area (Å²) in [5.41, 5.74) is 7.76. The van der Waals surface area contributed by atoms with Crippen molar-refractivity contribution in [3.05, 3.63) is 18.5 Å². The van der Waals surface area contributed by atoms with Gasteiger partial charge in [-0.05, 0) is 19.0 Å². The zero-order valence-corrected chi connectivity index (χ0v) is 10.4. The van der Waals surface area contributed by atoms with E-state index in [-0.39, 0.29) is 6.04 Å². The smallest absolute Gasteiger partial charge is 0.139 e. The number of aromatic nitrogens is 2. The topological polar surface area (TPSA) is 96.0 Å². The average Bonchev–Trinajstić information content (AvgIpc) is 2.86. The van der Waals surface area contributed by atoms with Crippen molar-refractivity contribution in [3.8, 4) is 0 Å². The molecule has 7 heteroatoms. The molecule has 2 unspecified atom stereocenters. The third kappa shape index (κ3) is 2.00. The number of hydrogen-bond acceptors (Lipinski definition) is 5. The summed E-state index contributed by atoms with van der Waals surface area (Å²) in [6.07, 6.45) is 2.94. The van der Waals surface area contributed by atoms with E-state index < -0.39 is 6.17 Å². The van der Waals surface area contributed by atoms with E-state index in [1.165, 1.54) is 5.01 Å². The van der Waals surface area contributed by atoms with Crippen LogP contribution in [0.5, 0.6) is 0 Å². The van der Waals surface area contributed by atoms with Crippen molar-refractivity contribution < 1.29 is 4.39 Å². The number of hydrogen-bond donors (Lipinski definition) is 4. The summed E-state index contributed by atoms with van der Waals surface area (Å²) in [6.45, 7) is 1.07. The number of nitrogens with zero attached hydrogens (tertiary/aromatic N) is 2. The Morgan fingerprint density at radius 3 is 3.11 bits per heavy atom. The Morgan fingerprint density at radius 2 is 2.32 bits per heavy atom. The summed E-state index contributed by atoms with van der Waals surface area (Å²) >= 11 is 0. The molecule has 0 spiro atoms. The van der Waals surface area contributed by atoms with E-state index in [1.54, 1.807) is 12.4 Å². The first-order valence-corrected chi connectivity index (χ1v) is 6.28. The Kier molecular flexibility index (Phi) is 3.00. The monoisotopic (exact) mass is 264 g/mol. The van der Waals surface area contributed by atoms with Crippen molar-refractivity contribution in [3.63, 3.8) is 0 Å². The second kappa shape index (κ2) is 4.67. The normalized spacial score (nSPS) is 23.7. The molecule has 102 valence electrons. The summed E-state index contributed by atoms with van der Waals surface area (Å²) in [5, 5.41) is 5.28. The van der Waals surface area contributed by atoms with Crippen LogP contribution < -0.4 is 21.9 Å². The lowest BCUT2D eigenvalue weighted by atomic mass is 10.0. The van der Waals surface area contributed by atoms with Gasteiger partial charge in [-0.1, -0.05) is 0 Å². The van der Waals surface area contributed by atoms with E-state index in [9.17, 15) is 4.39 Å². The predicted molar refractivity (Wildman–Crippen MR) is 73.3 cm³/mol. The molecule has 1 fully saturated rings. The lowest BCUT2D eigenvalue weighted by Crippen LogP contribution is -2.54. The number of pyridine rings is 1. The highest BCUT2D eigenvalue weighted by Crippen LogP contribution is 2.32. The number of nitrogens with one attached hydrogen (secondary N) is 2. The molecule has 0 bridgehead atoms. The first kappa shape index (κ1) is 12.2. The molecule has 2 aromatic rings. The molecule has 3 rings (SSSR count). The molecule has 19 heavy (non-hydrogen) atoms. The number of alkyl halides is 1. The quantitative estimate of drug-likeness (QED) is 0.468. The molecular formula is C12H17FN6. The number of aromatic amines is 1. The fourth-order valence-electron chi connectivity index (χ4n) is 2.58. The maximum atomic E-state index is 14.0. The largest absolute Gasteiger partial charge is 0.396 e. The Balaban J connectivity index is 2.02. The molecule has 2 atom stereocenters. The predicted octanol–water partition coefficient (Wildman–Crippen LogP) is 0.525. The summed E-state index contributed by atoms with van der Waals surface area (Å²) in [7, 11) is 0. The van der Waals surface area contributed by atoms with Gasteiger partial charge in [0.2, 0.25) is 0 Å². The number of nitrogen functional groups attached to an aromatic ring is 1. The Hall–Kier alpha value is -1.86. The highest BCUT2D eigenvalue weighted by atomic mass is 19.1. The minimum atomic E-state index is -1.01. The van der Waals surface area contributed by atoms with Crippen molar-refractivity contribution in [1.29, 1.82) is 0 Å². The lowest BCUT2D eigenvalue weighted by Gasteiger charge is -2.35. The lowest BCUT2D eigenvalue weighted by molar-refractivity contribution is 0.224. The molecule has 0 amide bonds. The van der Waals surface area contributed by atoms with E-state index in [4.69, 9.17) is 11.6 Å². The fourth-order valence-corrected chi connectivity index (χ4v) is 2.58. The maximum absolute atomic E-state index is 14.0. The van der Waals surface area contributed by atoms with Gasteiger partial charge in [0.15, 0.2) is 0 Å². The second-order valence-electron chi connectivity index (χ2n) is 4.79. The number of fused-ring (bicyclic) bond motifs is 1. The van der Waals surface area contributed by atoms with Gasteiger partial charge < -0.3 is 21.0 Å². The van der Waals surface area contributed by atoms with Crippen LogP contribution >= 0.6 is 0 Å².